The van der Waals surface area contributed by atoms with Crippen LogP contribution in [0.4, 0.5) is 0 Å². The molecule has 0 saturated heterocycles. The van der Waals surface area contributed by atoms with Crippen LogP contribution in [0.2, 0.25) is 0 Å². The third-order valence-corrected chi connectivity index (χ3v) is 4.55. The van der Waals surface area contributed by atoms with E-state index in [1.807, 2.05) is 0 Å². The van der Waals surface area contributed by atoms with E-state index in [9.17, 15) is 0 Å². The van der Waals surface area contributed by atoms with Gasteiger partial charge >= 0.3 is 0 Å². The van der Waals surface area contributed by atoms with Gasteiger partial charge in [-0.2, -0.15) is 0 Å². The normalized spacial score (nSPS) is 12.8. The van der Waals surface area contributed by atoms with E-state index in [1.165, 1.54) is 20.6 Å². The largest absolute Gasteiger partial charge is 0.349 e. The van der Waals surface area contributed by atoms with Gasteiger partial charge < -0.3 is 9.88 Å². The average Bonchev–Trinajstić information content (AvgIpc) is 2.96. The van der Waals surface area contributed by atoms with E-state index in [0.717, 1.165) is 13.1 Å². The van der Waals surface area contributed by atoms with Gasteiger partial charge in [-0.1, -0.05) is 6.92 Å². The van der Waals surface area contributed by atoms with Crippen molar-refractivity contribution in [1.82, 2.24) is 9.88 Å². The van der Waals surface area contributed by atoms with Crippen molar-refractivity contribution in [1.29, 1.82) is 0 Å². The molecule has 2 aromatic heterocycles. The van der Waals surface area contributed by atoms with Crippen molar-refractivity contribution >= 4 is 27.3 Å². The highest BCUT2D eigenvalue weighted by molar-refractivity contribution is 9.11. The summed E-state index contributed by atoms with van der Waals surface area (Å²) >= 11 is 5.30. The van der Waals surface area contributed by atoms with Crippen molar-refractivity contribution < 1.29 is 0 Å². The summed E-state index contributed by atoms with van der Waals surface area (Å²) in [5, 5.41) is 3.51. The van der Waals surface area contributed by atoms with Crippen LogP contribution >= 0.6 is 27.3 Å². The van der Waals surface area contributed by atoms with Crippen LogP contribution in [0.25, 0.3) is 0 Å². The zero-order valence-corrected chi connectivity index (χ0v) is 13.2. The molecule has 1 atom stereocenters. The minimum Gasteiger partial charge on any atom is -0.349 e. The Kier molecular flexibility index (Phi) is 5.03. The Labute approximate surface area is 121 Å². The fourth-order valence-corrected chi connectivity index (χ4v) is 3.40. The summed E-state index contributed by atoms with van der Waals surface area (Å²) in [6.45, 7) is 6.44. The molecule has 2 aromatic rings. The molecule has 0 aliphatic rings. The molecule has 2 nitrogen and oxygen atoms in total. The number of rotatable bonds is 6. The highest BCUT2D eigenvalue weighted by Gasteiger charge is 2.06. The van der Waals surface area contributed by atoms with E-state index in [0.29, 0.717) is 6.04 Å². The van der Waals surface area contributed by atoms with Crippen LogP contribution in [0.15, 0.2) is 34.4 Å². The Balaban J connectivity index is 1.97. The lowest BCUT2D eigenvalue weighted by Crippen LogP contribution is -2.18. The second-order valence-corrected chi connectivity index (χ2v) is 7.05. The highest BCUT2D eigenvalue weighted by atomic mass is 79.9. The number of hydrogen-bond donors (Lipinski definition) is 1. The van der Waals surface area contributed by atoms with Crippen LogP contribution in [-0.4, -0.2) is 11.1 Å². The van der Waals surface area contributed by atoms with Crippen molar-refractivity contribution in [3.63, 3.8) is 0 Å². The van der Waals surface area contributed by atoms with Crippen molar-refractivity contribution in [2.45, 2.75) is 32.9 Å². The molecule has 0 fully saturated rings. The Morgan fingerprint density at radius 3 is 2.89 bits per heavy atom. The molecular weight excluding hydrogens is 308 g/mol. The minimum absolute atomic E-state index is 0.432. The Morgan fingerprint density at radius 2 is 2.22 bits per heavy atom. The predicted octanol–water partition coefficient (Wildman–Crippen LogP) is 4.42. The van der Waals surface area contributed by atoms with E-state index < -0.39 is 0 Å². The molecule has 98 valence electrons. The maximum Gasteiger partial charge on any atom is 0.0702 e. The molecule has 0 aliphatic heterocycles. The summed E-state index contributed by atoms with van der Waals surface area (Å²) < 4.78 is 3.44. The molecular formula is C14H19BrN2S. The van der Waals surface area contributed by atoms with Crippen LogP contribution in [0.1, 0.15) is 36.8 Å². The van der Waals surface area contributed by atoms with Gasteiger partial charge in [0.05, 0.1) is 10.3 Å². The molecule has 0 aromatic carbocycles. The van der Waals surface area contributed by atoms with Gasteiger partial charge in [-0.3, -0.25) is 0 Å². The average molecular weight is 327 g/mol. The van der Waals surface area contributed by atoms with Crippen LogP contribution in [0.5, 0.6) is 0 Å². The third-order valence-electron chi connectivity index (χ3n) is 2.94. The number of aromatic nitrogens is 1. The predicted molar refractivity (Wildman–Crippen MR) is 82.3 cm³/mol. The first-order valence-electron chi connectivity index (χ1n) is 6.32. The first-order valence-corrected chi connectivity index (χ1v) is 7.93. The monoisotopic (exact) mass is 326 g/mol. The zero-order chi connectivity index (χ0) is 13.0. The second-order valence-electron chi connectivity index (χ2n) is 4.50. The van der Waals surface area contributed by atoms with Gasteiger partial charge in [-0.25, -0.2) is 0 Å². The standard InChI is InChI=1S/C14H19BrN2S/c1-3-7-16-11(2)12-6-8-17(9-12)10-13-4-5-14(15)18-13/h4-6,8-9,11,16H,3,7,10H2,1-2H3. The summed E-state index contributed by atoms with van der Waals surface area (Å²) in [4.78, 5) is 1.37. The maximum atomic E-state index is 3.51. The first kappa shape index (κ1) is 13.8. The molecule has 0 aliphatic carbocycles. The summed E-state index contributed by atoms with van der Waals surface area (Å²) in [6, 6.07) is 6.92. The molecule has 0 saturated carbocycles. The topological polar surface area (TPSA) is 17.0 Å². The van der Waals surface area contributed by atoms with E-state index >= 15 is 0 Å². The van der Waals surface area contributed by atoms with E-state index in [1.54, 1.807) is 11.3 Å². The van der Waals surface area contributed by atoms with Gasteiger partial charge in [0.1, 0.15) is 0 Å². The maximum absolute atomic E-state index is 3.51. The number of halogens is 1. The van der Waals surface area contributed by atoms with E-state index in [-0.39, 0.29) is 0 Å². The summed E-state index contributed by atoms with van der Waals surface area (Å²) in [5.41, 5.74) is 1.36. The molecule has 1 N–H and O–H groups in total. The molecule has 18 heavy (non-hydrogen) atoms. The van der Waals surface area contributed by atoms with Crippen LogP contribution in [0.3, 0.4) is 0 Å². The molecule has 2 heterocycles. The van der Waals surface area contributed by atoms with E-state index in [4.69, 9.17) is 0 Å². The first-order chi connectivity index (χ1) is 8.69. The fourth-order valence-electron chi connectivity index (χ4n) is 1.91. The quantitative estimate of drug-likeness (QED) is 0.831. The number of nitrogens with zero attached hydrogens (tertiary/aromatic N) is 1. The summed E-state index contributed by atoms with van der Waals surface area (Å²) in [5.74, 6) is 0. The fraction of sp³-hybridized carbons (Fsp3) is 0.429. The van der Waals surface area contributed by atoms with Crippen LogP contribution in [-0.2, 0) is 6.54 Å². The van der Waals surface area contributed by atoms with Gasteiger partial charge in [-0.15, -0.1) is 11.3 Å². The van der Waals surface area contributed by atoms with Crippen molar-refractivity contribution in [3.05, 3.63) is 44.8 Å². The molecule has 0 spiro atoms. The molecule has 0 bridgehead atoms. The number of nitrogens with one attached hydrogen (secondary N) is 1. The smallest absolute Gasteiger partial charge is 0.0702 e. The number of hydrogen-bond acceptors (Lipinski definition) is 2. The molecule has 0 radical (unpaired) electrons. The lowest BCUT2D eigenvalue weighted by Gasteiger charge is -2.11. The minimum atomic E-state index is 0.432. The van der Waals surface area contributed by atoms with Crippen LogP contribution in [0, 0.1) is 0 Å². The van der Waals surface area contributed by atoms with Crippen LogP contribution < -0.4 is 5.32 Å². The SMILES string of the molecule is CCCNC(C)c1ccn(Cc2ccc(Br)s2)c1. The third kappa shape index (κ3) is 3.70. The molecule has 1 unspecified atom stereocenters. The molecule has 0 amide bonds. The number of thiophene rings is 1. The Hall–Kier alpha value is -0.580. The van der Waals surface area contributed by atoms with E-state index in [2.05, 4.69) is 70.3 Å². The second kappa shape index (κ2) is 6.55. The Bertz CT molecular complexity index is 489. The van der Waals surface area contributed by atoms with Gasteiger partial charge in [-0.05, 0) is 59.6 Å². The lowest BCUT2D eigenvalue weighted by molar-refractivity contribution is 0.569. The Morgan fingerprint density at radius 1 is 1.39 bits per heavy atom. The molecule has 4 heteroatoms. The highest BCUT2D eigenvalue weighted by Crippen LogP contribution is 2.23. The summed E-state index contributed by atoms with van der Waals surface area (Å²) in [7, 11) is 0. The van der Waals surface area contributed by atoms with Gasteiger partial charge in [0.15, 0.2) is 0 Å². The van der Waals surface area contributed by atoms with Gasteiger partial charge in [0.25, 0.3) is 0 Å². The van der Waals surface area contributed by atoms with Gasteiger partial charge in [0.2, 0.25) is 0 Å². The van der Waals surface area contributed by atoms with Crippen molar-refractivity contribution in [3.8, 4) is 0 Å². The van der Waals surface area contributed by atoms with Crippen molar-refractivity contribution in [2.24, 2.45) is 0 Å². The van der Waals surface area contributed by atoms with Gasteiger partial charge in [0, 0.05) is 23.3 Å². The molecule has 2 rings (SSSR count). The summed E-state index contributed by atoms with van der Waals surface area (Å²) in [6.07, 6.45) is 5.57. The zero-order valence-electron chi connectivity index (χ0n) is 10.8. The van der Waals surface area contributed by atoms with Crippen molar-refractivity contribution in [2.75, 3.05) is 6.54 Å². The lowest BCUT2D eigenvalue weighted by atomic mass is 10.2.